The first-order valence-corrected chi connectivity index (χ1v) is 17.3. The Hall–Kier alpha value is -2.98. The van der Waals surface area contributed by atoms with E-state index < -0.39 is 16.1 Å². The molecule has 0 saturated carbocycles. The molecule has 3 rings (SSSR count). The molecular weight excluding hydrogens is 645 g/mol. The van der Waals surface area contributed by atoms with Crippen LogP contribution in [-0.4, -0.2) is 57.6 Å². The number of benzene rings is 3. The van der Waals surface area contributed by atoms with Crippen LogP contribution < -0.4 is 14.4 Å². The number of halogens is 3. The Morgan fingerprint density at radius 2 is 1.64 bits per heavy atom. The highest BCUT2D eigenvalue weighted by atomic mass is 35.5. The Labute approximate surface area is 275 Å². The van der Waals surface area contributed by atoms with Gasteiger partial charge in [-0.1, -0.05) is 84.5 Å². The summed E-state index contributed by atoms with van der Waals surface area (Å²) in [6, 6.07) is 18.5. The van der Waals surface area contributed by atoms with Crippen molar-refractivity contribution in [3.63, 3.8) is 0 Å². The number of anilines is 1. The molecule has 0 saturated heterocycles. The number of rotatable bonds is 16. The van der Waals surface area contributed by atoms with Gasteiger partial charge in [-0.15, -0.1) is 0 Å². The summed E-state index contributed by atoms with van der Waals surface area (Å²) in [6.07, 6.45) is 3.30. The number of hydrogen-bond acceptors (Lipinski definition) is 5. The SMILES string of the molecule is CCCCNC(=O)[C@@H](Cc1ccccc1)N(Cc1ccc(Cl)c(Cl)c1)C(=O)CCCN(c1ccc(OC)c(Cl)c1)S(C)(=O)=O. The van der Waals surface area contributed by atoms with Crippen molar-refractivity contribution >= 4 is 62.3 Å². The predicted octanol–water partition coefficient (Wildman–Crippen LogP) is 6.76. The zero-order valence-electron chi connectivity index (χ0n) is 25.1. The van der Waals surface area contributed by atoms with Crippen molar-refractivity contribution < 1.29 is 22.7 Å². The standard InChI is InChI=1S/C32H38Cl3N3O5S/c1-4-5-17-36-32(40)29(20-23-10-7-6-8-11-23)37(22-24-13-15-26(33)27(34)19-24)31(39)12-9-18-38(44(3,41)42)25-14-16-30(43-2)28(35)21-25/h6-8,10-11,13-16,19,21,29H,4-5,9,12,17-18,20,22H2,1-3H3,(H,36,40)/t29-/m1/s1. The normalized spacial score (nSPS) is 12.0. The molecule has 0 aliphatic rings. The molecule has 2 amide bonds. The van der Waals surface area contributed by atoms with Crippen LogP contribution >= 0.6 is 34.8 Å². The Morgan fingerprint density at radius 3 is 2.25 bits per heavy atom. The van der Waals surface area contributed by atoms with Gasteiger partial charge in [-0.25, -0.2) is 8.42 Å². The van der Waals surface area contributed by atoms with Gasteiger partial charge in [0.1, 0.15) is 11.8 Å². The smallest absolute Gasteiger partial charge is 0.243 e. The molecule has 0 bridgehead atoms. The van der Waals surface area contributed by atoms with E-state index in [0.29, 0.717) is 40.0 Å². The molecule has 0 spiro atoms. The molecule has 0 aliphatic heterocycles. The largest absolute Gasteiger partial charge is 0.495 e. The van der Waals surface area contributed by atoms with E-state index in [2.05, 4.69) is 5.32 Å². The molecule has 12 heteroatoms. The first kappa shape index (κ1) is 35.5. The molecule has 0 heterocycles. The third kappa shape index (κ3) is 10.3. The van der Waals surface area contributed by atoms with Gasteiger partial charge < -0.3 is 15.0 Å². The molecule has 0 aromatic heterocycles. The molecule has 3 aromatic carbocycles. The summed E-state index contributed by atoms with van der Waals surface area (Å²) in [5, 5.41) is 3.97. The van der Waals surface area contributed by atoms with E-state index in [4.69, 9.17) is 39.5 Å². The molecule has 1 N–H and O–H groups in total. The Morgan fingerprint density at radius 1 is 0.909 bits per heavy atom. The van der Waals surface area contributed by atoms with Crippen LogP contribution in [0.3, 0.4) is 0 Å². The van der Waals surface area contributed by atoms with E-state index in [-0.39, 0.29) is 42.8 Å². The second kappa shape index (κ2) is 16.9. The number of nitrogens with one attached hydrogen (secondary N) is 1. The van der Waals surface area contributed by atoms with Gasteiger partial charge >= 0.3 is 0 Å². The van der Waals surface area contributed by atoms with E-state index in [9.17, 15) is 18.0 Å². The molecule has 1 atom stereocenters. The fourth-order valence-corrected chi connectivity index (χ4v) is 6.24. The van der Waals surface area contributed by atoms with Gasteiger partial charge in [-0.3, -0.25) is 13.9 Å². The summed E-state index contributed by atoms with van der Waals surface area (Å²) < 4.78 is 31.8. The molecule has 0 aliphatic carbocycles. The van der Waals surface area contributed by atoms with E-state index in [1.807, 2.05) is 37.3 Å². The zero-order valence-corrected chi connectivity index (χ0v) is 28.1. The van der Waals surface area contributed by atoms with Crippen LogP contribution in [0, 0.1) is 0 Å². The maximum absolute atomic E-state index is 14.0. The number of sulfonamides is 1. The summed E-state index contributed by atoms with van der Waals surface area (Å²) in [4.78, 5) is 29.1. The van der Waals surface area contributed by atoms with Crippen LogP contribution in [0.4, 0.5) is 5.69 Å². The molecule has 0 radical (unpaired) electrons. The van der Waals surface area contributed by atoms with Crippen LogP contribution in [0.25, 0.3) is 0 Å². The molecule has 44 heavy (non-hydrogen) atoms. The second-order valence-electron chi connectivity index (χ2n) is 10.4. The first-order chi connectivity index (χ1) is 20.9. The number of amides is 2. The van der Waals surface area contributed by atoms with Crippen LogP contribution in [0.2, 0.25) is 15.1 Å². The average molecular weight is 683 g/mol. The van der Waals surface area contributed by atoms with Crippen molar-refractivity contribution in [2.75, 3.05) is 30.8 Å². The Kier molecular flexibility index (Phi) is 13.6. The summed E-state index contributed by atoms with van der Waals surface area (Å²) >= 11 is 18.7. The number of hydrogen-bond donors (Lipinski definition) is 1. The third-order valence-corrected chi connectivity index (χ3v) is 9.24. The van der Waals surface area contributed by atoms with Crippen LogP contribution in [0.1, 0.15) is 43.7 Å². The lowest BCUT2D eigenvalue weighted by molar-refractivity contribution is -0.141. The monoisotopic (exact) mass is 681 g/mol. The first-order valence-electron chi connectivity index (χ1n) is 14.3. The van der Waals surface area contributed by atoms with Crippen LogP contribution in [0.15, 0.2) is 66.7 Å². The van der Waals surface area contributed by atoms with Gasteiger partial charge in [-0.05, 0) is 54.3 Å². The van der Waals surface area contributed by atoms with Crippen molar-refractivity contribution in [2.45, 2.75) is 51.6 Å². The summed E-state index contributed by atoms with van der Waals surface area (Å²) in [5.41, 5.74) is 1.96. The lowest BCUT2D eigenvalue weighted by atomic mass is 10.0. The minimum absolute atomic E-state index is 0.00917. The minimum atomic E-state index is -3.70. The zero-order chi connectivity index (χ0) is 32.3. The van der Waals surface area contributed by atoms with Crippen LogP contribution in [0.5, 0.6) is 5.75 Å². The van der Waals surface area contributed by atoms with E-state index in [0.717, 1.165) is 24.7 Å². The van der Waals surface area contributed by atoms with Gasteiger partial charge in [0, 0.05) is 32.5 Å². The van der Waals surface area contributed by atoms with Gasteiger partial charge in [0.25, 0.3) is 0 Å². The number of carbonyl (C=O) groups excluding carboxylic acids is 2. The number of unbranched alkanes of at least 4 members (excludes halogenated alkanes) is 1. The van der Waals surface area contributed by atoms with E-state index >= 15 is 0 Å². The number of nitrogens with zero attached hydrogens (tertiary/aromatic N) is 2. The molecule has 8 nitrogen and oxygen atoms in total. The van der Waals surface area contributed by atoms with Crippen molar-refractivity contribution in [3.05, 3.63) is 92.9 Å². The maximum Gasteiger partial charge on any atom is 0.243 e. The highest BCUT2D eigenvalue weighted by molar-refractivity contribution is 7.92. The predicted molar refractivity (Wildman–Crippen MR) is 178 cm³/mol. The average Bonchev–Trinajstić information content (AvgIpc) is 2.98. The summed E-state index contributed by atoms with van der Waals surface area (Å²) in [7, 11) is -2.22. The summed E-state index contributed by atoms with van der Waals surface area (Å²) in [5.74, 6) is -0.149. The van der Waals surface area contributed by atoms with Gasteiger partial charge in [0.15, 0.2) is 0 Å². The Balaban J connectivity index is 1.90. The molecule has 238 valence electrons. The molecular formula is C32H38Cl3N3O5S. The maximum atomic E-state index is 14.0. The van der Waals surface area contributed by atoms with Crippen molar-refractivity contribution in [2.24, 2.45) is 0 Å². The Bertz CT molecular complexity index is 1520. The lowest BCUT2D eigenvalue weighted by Gasteiger charge is -2.32. The van der Waals surface area contributed by atoms with E-state index in [1.165, 1.54) is 17.5 Å². The molecule has 0 unspecified atom stereocenters. The summed E-state index contributed by atoms with van der Waals surface area (Å²) in [6.45, 7) is 2.66. The van der Waals surface area contributed by atoms with Gasteiger partial charge in [-0.2, -0.15) is 0 Å². The number of ether oxygens (including phenoxy) is 1. The highest BCUT2D eigenvalue weighted by Crippen LogP contribution is 2.30. The highest BCUT2D eigenvalue weighted by Gasteiger charge is 2.30. The van der Waals surface area contributed by atoms with Crippen molar-refractivity contribution in [1.82, 2.24) is 10.2 Å². The molecule has 3 aromatic rings. The quantitative estimate of drug-likeness (QED) is 0.169. The minimum Gasteiger partial charge on any atom is -0.495 e. The fraction of sp³-hybridized carbons (Fsp3) is 0.375. The third-order valence-electron chi connectivity index (χ3n) is 7.01. The van der Waals surface area contributed by atoms with Crippen molar-refractivity contribution in [3.8, 4) is 5.75 Å². The van der Waals surface area contributed by atoms with E-state index in [1.54, 1.807) is 35.2 Å². The topological polar surface area (TPSA) is 96.0 Å². The number of carbonyl (C=O) groups is 2. The fourth-order valence-electron chi connectivity index (χ4n) is 4.71. The van der Waals surface area contributed by atoms with Crippen molar-refractivity contribution in [1.29, 1.82) is 0 Å². The van der Waals surface area contributed by atoms with Crippen LogP contribution in [-0.2, 0) is 32.6 Å². The number of methoxy groups -OCH3 is 1. The second-order valence-corrected chi connectivity index (χ2v) is 13.5. The van der Waals surface area contributed by atoms with Gasteiger partial charge in [0.2, 0.25) is 21.8 Å². The lowest BCUT2D eigenvalue weighted by Crippen LogP contribution is -2.50. The van der Waals surface area contributed by atoms with Gasteiger partial charge in [0.05, 0.1) is 34.1 Å². The molecule has 0 fully saturated rings.